The SMILES string of the molecule is Cc1nnc2ccc(N3CC(N(C)S(=O)(=O)N4CCOCC4)C3)nn12. The summed E-state index contributed by atoms with van der Waals surface area (Å²) in [6.45, 7) is 4.79. The van der Waals surface area contributed by atoms with Gasteiger partial charge in [-0.25, -0.2) is 0 Å². The minimum absolute atomic E-state index is 0.0626. The number of aromatic nitrogens is 4. The maximum atomic E-state index is 12.7. The lowest BCUT2D eigenvalue weighted by Crippen LogP contribution is -2.62. The normalized spacial score (nSPS) is 20.4. The Morgan fingerprint density at radius 3 is 2.64 bits per heavy atom. The second-order valence-electron chi connectivity index (χ2n) is 6.30. The number of anilines is 1. The number of morpholine rings is 1. The molecule has 0 atom stereocenters. The lowest BCUT2D eigenvalue weighted by molar-refractivity contribution is 0.0695. The first-order valence-electron chi connectivity index (χ1n) is 8.21. The molecule has 0 aliphatic carbocycles. The summed E-state index contributed by atoms with van der Waals surface area (Å²) in [5, 5.41) is 12.5. The van der Waals surface area contributed by atoms with Gasteiger partial charge in [-0.3, -0.25) is 0 Å². The van der Waals surface area contributed by atoms with Gasteiger partial charge < -0.3 is 9.64 Å². The van der Waals surface area contributed by atoms with Crippen molar-refractivity contribution >= 4 is 21.7 Å². The minimum Gasteiger partial charge on any atom is -0.379 e. The van der Waals surface area contributed by atoms with Gasteiger partial charge in [0.15, 0.2) is 11.5 Å². The van der Waals surface area contributed by atoms with E-state index in [2.05, 4.69) is 20.2 Å². The van der Waals surface area contributed by atoms with Crippen LogP contribution in [0.1, 0.15) is 5.82 Å². The zero-order chi connectivity index (χ0) is 17.6. The number of fused-ring (bicyclic) bond motifs is 1. The Bertz CT molecular complexity index is 872. The van der Waals surface area contributed by atoms with Gasteiger partial charge in [-0.1, -0.05) is 0 Å². The number of aryl methyl sites for hydroxylation is 1. The fourth-order valence-electron chi connectivity index (χ4n) is 3.08. The third kappa shape index (κ3) is 2.86. The molecule has 0 amide bonds. The van der Waals surface area contributed by atoms with Crippen LogP contribution in [-0.4, -0.2) is 89.3 Å². The number of nitrogens with zero attached hydrogens (tertiary/aromatic N) is 7. The van der Waals surface area contributed by atoms with Gasteiger partial charge in [0.2, 0.25) is 0 Å². The van der Waals surface area contributed by atoms with E-state index in [1.165, 1.54) is 8.61 Å². The highest BCUT2D eigenvalue weighted by molar-refractivity contribution is 7.86. The Hall–Kier alpha value is -1.82. The lowest BCUT2D eigenvalue weighted by atomic mass is 10.1. The third-order valence-electron chi connectivity index (χ3n) is 4.77. The van der Waals surface area contributed by atoms with E-state index in [0.29, 0.717) is 45.0 Å². The van der Waals surface area contributed by atoms with Gasteiger partial charge in [0.25, 0.3) is 10.2 Å². The first-order chi connectivity index (χ1) is 12.0. The topological polar surface area (TPSA) is 96.2 Å². The molecule has 2 aliphatic rings. The zero-order valence-corrected chi connectivity index (χ0v) is 15.1. The van der Waals surface area contributed by atoms with Crippen LogP contribution >= 0.6 is 0 Å². The van der Waals surface area contributed by atoms with Crippen LogP contribution in [0.15, 0.2) is 12.1 Å². The fourth-order valence-corrected chi connectivity index (χ4v) is 4.56. The van der Waals surface area contributed by atoms with E-state index in [-0.39, 0.29) is 6.04 Å². The molecule has 0 bridgehead atoms. The maximum absolute atomic E-state index is 12.7. The number of ether oxygens (including phenoxy) is 1. The number of rotatable bonds is 4. The summed E-state index contributed by atoms with van der Waals surface area (Å²) >= 11 is 0. The second kappa shape index (κ2) is 6.16. The summed E-state index contributed by atoms with van der Waals surface area (Å²) in [7, 11) is -1.80. The van der Waals surface area contributed by atoms with Gasteiger partial charge in [0.1, 0.15) is 5.82 Å². The molecule has 2 aromatic rings. The highest BCUT2D eigenvalue weighted by Crippen LogP contribution is 2.24. The summed E-state index contributed by atoms with van der Waals surface area (Å²) < 4.78 is 35.3. The molecule has 25 heavy (non-hydrogen) atoms. The molecule has 11 heteroatoms. The Balaban J connectivity index is 1.44. The van der Waals surface area contributed by atoms with Crippen LogP contribution < -0.4 is 4.90 Å². The predicted molar refractivity (Wildman–Crippen MR) is 90.6 cm³/mol. The monoisotopic (exact) mass is 367 g/mol. The molecule has 2 saturated heterocycles. The molecular weight excluding hydrogens is 346 g/mol. The highest BCUT2D eigenvalue weighted by atomic mass is 32.2. The molecule has 0 unspecified atom stereocenters. The molecule has 0 spiro atoms. The Labute approximate surface area is 146 Å². The van der Waals surface area contributed by atoms with Crippen molar-refractivity contribution in [3.05, 3.63) is 18.0 Å². The number of hydrogen-bond donors (Lipinski definition) is 0. The van der Waals surface area contributed by atoms with Crippen LogP contribution in [-0.2, 0) is 14.9 Å². The van der Waals surface area contributed by atoms with Gasteiger partial charge in [-0.15, -0.1) is 15.3 Å². The molecule has 0 N–H and O–H groups in total. The van der Waals surface area contributed by atoms with Crippen molar-refractivity contribution < 1.29 is 13.2 Å². The quantitative estimate of drug-likeness (QED) is 0.693. The van der Waals surface area contributed by atoms with Crippen molar-refractivity contribution in [1.29, 1.82) is 0 Å². The molecule has 0 aromatic carbocycles. The summed E-state index contributed by atoms with van der Waals surface area (Å²) in [4.78, 5) is 2.05. The number of hydrogen-bond acceptors (Lipinski definition) is 7. The summed E-state index contributed by atoms with van der Waals surface area (Å²) in [6.07, 6.45) is 0. The van der Waals surface area contributed by atoms with Gasteiger partial charge in [-0.2, -0.15) is 21.5 Å². The highest BCUT2D eigenvalue weighted by Gasteiger charge is 2.39. The van der Waals surface area contributed by atoms with Crippen molar-refractivity contribution in [2.75, 3.05) is 51.3 Å². The molecule has 0 saturated carbocycles. The second-order valence-corrected chi connectivity index (χ2v) is 8.29. The molecule has 136 valence electrons. The smallest absolute Gasteiger partial charge is 0.282 e. The molecule has 2 aliphatic heterocycles. The molecular formula is C14H21N7O3S. The van der Waals surface area contributed by atoms with Crippen LogP contribution in [0, 0.1) is 6.92 Å². The van der Waals surface area contributed by atoms with E-state index >= 15 is 0 Å². The van der Waals surface area contributed by atoms with E-state index < -0.39 is 10.2 Å². The minimum atomic E-state index is -3.45. The fraction of sp³-hybridized carbons (Fsp3) is 0.643. The van der Waals surface area contributed by atoms with Crippen molar-refractivity contribution in [2.45, 2.75) is 13.0 Å². The molecule has 2 aromatic heterocycles. The average molecular weight is 367 g/mol. The van der Waals surface area contributed by atoms with Crippen molar-refractivity contribution in [2.24, 2.45) is 0 Å². The van der Waals surface area contributed by atoms with Crippen LogP contribution in [0.5, 0.6) is 0 Å². The Morgan fingerprint density at radius 1 is 1.20 bits per heavy atom. The van der Waals surface area contributed by atoms with Crippen LogP contribution in [0.25, 0.3) is 5.65 Å². The molecule has 10 nitrogen and oxygen atoms in total. The number of likely N-dealkylation sites (N-methyl/N-ethyl adjacent to an activating group) is 1. The van der Waals surface area contributed by atoms with Crippen LogP contribution in [0.4, 0.5) is 5.82 Å². The van der Waals surface area contributed by atoms with Crippen molar-refractivity contribution in [3.63, 3.8) is 0 Å². The van der Waals surface area contributed by atoms with E-state index in [9.17, 15) is 8.42 Å². The van der Waals surface area contributed by atoms with Gasteiger partial charge in [-0.05, 0) is 19.1 Å². The third-order valence-corrected chi connectivity index (χ3v) is 6.81. The Kier molecular flexibility index (Phi) is 4.10. The van der Waals surface area contributed by atoms with E-state index in [4.69, 9.17) is 4.74 Å². The Morgan fingerprint density at radius 2 is 1.92 bits per heavy atom. The summed E-state index contributed by atoms with van der Waals surface area (Å²) in [5.41, 5.74) is 0.699. The zero-order valence-electron chi connectivity index (χ0n) is 14.2. The molecule has 4 heterocycles. The van der Waals surface area contributed by atoms with E-state index in [1.807, 2.05) is 19.1 Å². The van der Waals surface area contributed by atoms with Gasteiger partial charge in [0, 0.05) is 33.2 Å². The average Bonchev–Trinajstić information content (AvgIpc) is 2.95. The van der Waals surface area contributed by atoms with Crippen molar-refractivity contribution in [1.82, 2.24) is 28.4 Å². The van der Waals surface area contributed by atoms with Gasteiger partial charge >= 0.3 is 0 Å². The van der Waals surface area contributed by atoms with E-state index in [0.717, 1.165) is 11.6 Å². The standard InChI is InChI=1S/C14H21N7O3S/c1-11-15-16-13-3-4-14(17-21(11)13)19-9-12(10-19)18(2)25(22,23)20-5-7-24-8-6-20/h3-4,12H,5-10H2,1-2H3. The van der Waals surface area contributed by atoms with Crippen LogP contribution in [0.3, 0.4) is 0 Å². The van der Waals surface area contributed by atoms with E-state index in [1.54, 1.807) is 11.6 Å². The first-order valence-corrected chi connectivity index (χ1v) is 9.61. The predicted octanol–water partition coefficient (Wildman–Crippen LogP) is -0.870. The largest absolute Gasteiger partial charge is 0.379 e. The maximum Gasteiger partial charge on any atom is 0.282 e. The molecule has 0 radical (unpaired) electrons. The summed E-state index contributed by atoms with van der Waals surface area (Å²) in [6, 6.07) is 3.69. The van der Waals surface area contributed by atoms with Crippen LogP contribution in [0.2, 0.25) is 0 Å². The molecule has 4 rings (SSSR count). The summed E-state index contributed by atoms with van der Waals surface area (Å²) in [5.74, 6) is 1.52. The molecule has 2 fully saturated rings. The first kappa shape index (κ1) is 16.6. The lowest BCUT2D eigenvalue weighted by Gasteiger charge is -2.45. The van der Waals surface area contributed by atoms with Gasteiger partial charge in [0.05, 0.1) is 19.3 Å². The van der Waals surface area contributed by atoms with Crippen molar-refractivity contribution in [3.8, 4) is 0 Å².